The summed E-state index contributed by atoms with van der Waals surface area (Å²) in [6, 6.07) is 9.93. The number of aromatic nitrogens is 2. The molecule has 20 heavy (non-hydrogen) atoms. The standard InChI is InChI=1S/C16H18N4/c17-9-13-1-3-14(4-2-13)11-20-12-19-10-16(20)15-5-7-18-8-6-15/h1-4,10,12,15,18H,5-8,11H2. The molecule has 0 bridgehead atoms. The fourth-order valence-corrected chi connectivity index (χ4v) is 2.80. The van der Waals surface area contributed by atoms with Crippen LogP contribution in [0.25, 0.3) is 0 Å². The van der Waals surface area contributed by atoms with Crippen LogP contribution in [0.3, 0.4) is 0 Å². The Morgan fingerprint density at radius 2 is 2.00 bits per heavy atom. The second kappa shape index (κ2) is 5.89. The van der Waals surface area contributed by atoms with Gasteiger partial charge in [-0.25, -0.2) is 4.98 Å². The predicted octanol–water partition coefficient (Wildman–Crippen LogP) is 2.27. The lowest BCUT2D eigenvalue weighted by molar-refractivity contribution is 0.442. The summed E-state index contributed by atoms with van der Waals surface area (Å²) in [7, 11) is 0. The van der Waals surface area contributed by atoms with Gasteiger partial charge in [-0.2, -0.15) is 5.26 Å². The van der Waals surface area contributed by atoms with E-state index in [9.17, 15) is 0 Å². The number of piperidine rings is 1. The van der Waals surface area contributed by atoms with E-state index in [4.69, 9.17) is 5.26 Å². The minimum Gasteiger partial charge on any atom is -0.330 e. The van der Waals surface area contributed by atoms with E-state index in [1.54, 1.807) is 0 Å². The van der Waals surface area contributed by atoms with Gasteiger partial charge in [0.15, 0.2) is 0 Å². The van der Waals surface area contributed by atoms with Crippen LogP contribution < -0.4 is 5.32 Å². The molecule has 0 atom stereocenters. The molecule has 0 unspecified atom stereocenters. The van der Waals surface area contributed by atoms with Crippen molar-refractivity contribution in [3.05, 3.63) is 53.6 Å². The highest BCUT2D eigenvalue weighted by atomic mass is 15.0. The summed E-state index contributed by atoms with van der Waals surface area (Å²) in [4.78, 5) is 4.32. The maximum absolute atomic E-state index is 8.83. The molecule has 4 heteroatoms. The number of nitrogens with zero attached hydrogens (tertiary/aromatic N) is 3. The van der Waals surface area contributed by atoms with Crippen molar-refractivity contribution in [2.75, 3.05) is 13.1 Å². The quantitative estimate of drug-likeness (QED) is 0.927. The van der Waals surface area contributed by atoms with E-state index in [0.29, 0.717) is 11.5 Å². The van der Waals surface area contributed by atoms with Gasteiger partial charge in [0.2, 0.25) is 0 Å². The van der Waals surface area contributed by atoms with Crippen molar-refractivity contribution >= 4 is 0 Å². The van der Waals surface area contributed by atoms with E-state index in [-0.39, 0.29) is 0 Å². The Hall–Kier alpha value is -2.12. The minimum atomic E-state index is 0.608. The number of nitriles is 1. The fourth-order valence-electron chi connectivity index (χ4n) is 2.80. The first-order valence-corrected chi connectivity index (χ1v) is 7.06. The Labute approximate surface area is 119 Å². The third kappa shape index (κ3) is 2.73. The summed E-state index contributed by atoms with van der Waals surface area (Å²) >= 11 is 0. The molecule has 2 heterocycles. The number of imidazole rings is 1. The second-order valence-electron chi connectivity index (χ2n) is 5.28. The number of rotatable bonds is 3. The van der Waals surface area contributed by atoms with Gasteiger partial charge in [0, 0.05) is 24.4 Å². The summed E-state index contributed by atoms with van der Waals surface area (Å²) in [5.74, 6) is 0.608. The molecule has 1 aliphatic rings. The van der Waals surface area contributed by atoms with E-state index in [1.807, 2.05) is 36.8 Å². The topological polar surface area (TPSA) is 53.6 Å². The van der Waals surface area contributed by atoms with Crippen LogP contribution in [0.2, 0.25) is 0 Å². The van der Waals surface area contributed by atoms with Gasteiger partial charge >= 0.3 is 0 Å². The van der Waals surface area contributed by atoms with Gasteiger partial charge in [-0.15, -0.1) is 0 Å². The number of benzene rings is 1. The van der Waals surface area contributed by atoms with E-state index in [1.165, 1.54) is 24.1 Å². The van der Waals surface area contributed by atoms with Gasteiger partial charge in [-0.3, -0.25) is 0 Å². The Balaban J connectivity index is 1.77. The molecule has 3 rings (SSSR count). The second-order valence-corrected chi connectivity index (χ2v) is 5.28. The van der Waals surface area contributed by atoms with Gasteiger partial charge in [-0.05, 0) is 43.6 Å². The van der Waals surface area contributed by atoms with Crippen molar-refractivity contribution < 1.29 is 0 Å². The summed E-state index contributed by atoms with van der Waals surface area (Å²) in [5.41, 5.74) is 3.24. The first kappa shape index (κ1) is 12.9. The SMILES string of the molecule is N#Cc1ccc(Cn2cncc2C2CCNCC2)cc1. The average Bonchev–Trinajstić information content (AvgIpc) is 2.97. The lowest BCUT2D eigenvalue weighted by Gasteiger charge is -2.23. The van der Waals surface area contributed by atoms with Crippen molar-refractivity contribution in [1.82, 2.24) is 14.9 Å². The van der Waals surface area contributed by atoms with Crippen molar-refractivity contribution in [3.8, 4) is 6.07 Å². The average molecular weight is 266 g/mol. The maximum atomic E-state index is 8.83. The van der Waals surface area contributed by atoms with Gasteiger partial charge in [0.05, 0.1) is 18.0 Å². The Morgan fingerprint density at radius 1 is 1.25 bits per heavy atom. The zero-order valence-electron chi connectivity index (χ0n) is 11.4. The normalized spacial score (nSPS) is 15.9. The largest absolute Gasteiger partial charge is 0.330 e. The minimum absolute atomic E-state index is 0.608. The molecule has 1 aliphatic heterocycles. The summed E-state index contributed by atoms with van der Waals surface area (Å²) in [6.07, 6.45) is 6.27. The molecule has 1 saturated heterocycles. The van der Waals surface area contributed by atoms with Gasteiger partial charge in [0.1, 0.15) is 0 Å². The Kier molecular flexibility index (Phi) is 3.80. The van der Waals surface area contributed by atoms with Crippen molar-refractivity contribution in [1.29, 1.82) is 5.26 Å². The highest BCUT2D eigenvalue weighted by Gasteiger charge is 2.18. The molecule has 0 amide bonds. The molecule has 0 spiro atoms. The van der Waals surface area contributed by atoms with E-state index in [0.717, 1.165) is 19.6 Å². The lowest BCUT2D eigenvalue weighted by Crippen LogP contribution is -2.27. The summed E-state index contributed by atoms with van der Waals surface area (Å²) in [6.45, 7) is 3.00. The molecular weight excluding hydrogens is 248 g/mol. The molecule has 1 fully saturated rings. The summed E-state index contributed by atoms with van der Waals surface area (Å²) < 4.78 is 2.23. The van der Waals surface area contributed by atoms with Crippen molar-refractivity contribution in [3.63, 3.8) is 0 Å². The number of nitrogens with one attached hydrogen (secondary N) is 1. The zero-order chi connectivity index (χ0) is 13.8. The first-order chi connectivity index (χ1) is 9.86. The summed E-state index contributed by atoms with van der Waals surface area (Å²) in [5, 5.41) is 12.2. The van der Waals surface area contributed by atoms with E-state index in [2.05, 4.69) is 20.9 Å². The monoisotopic (exact) mass is 266 g/mol. The van der Waals surface area contributed by atoms with Crippen LogP contribution in [-0.2, 0) is 6.54 Å². The molecule has 0 aliphatic carbocycles. The van der Waals surface area contributed by atoms with Crippen LogP contribution >= 0.6 is 0 Å². The van der Waals surface area contributed by atoms with Crippen molar-refractivity contribution in [2.45, 2.75) is 25.3 Å². The Bertz CT molecular complexity index is 600. The van der Waals surface area contributed by atoms with Crippen LogP contribution in [0.15, 0.2) is 36.8 Å². The predicted molar refractivity (Wildman–Crippen MR) is 77.3 cm³/mol. The van der Waals surface area contributed by atoms with Gasteiger partial charge < -0.3 is 9.88 Å². The van der Waals surface area contributed by atoms with Gasteiger partial charge in [-0.1, -0.05) is 12.1 Å². The number of hydrogen-bond donors (Lipinski definition) is 1. The van der Waals surface area contributed by atoms with Crippen molar-refractivity contribution in [2.24, 2.45) is 0 Å². The molecule has 1 aromatic heterocycles. The molecule has 1 aromatic carbocycles. The number of hydrogen-bond acceptors (Lipinski definition) is 3. The zero-order valence-corrected chi connectivity index (χ0v) is 11.4. The smallest absolute Gasteiger partial charge is 0.0991 e. The van der Waals surface area contributed by atoms with Crippen LogP contribution in [0.4, 0.5) is 0 Å². The third-order valence-electron chi connectivity index (χ3n) is 3.94. The van der Waals surface area contributed by atoms with E-state index < -0.39 is 0 Å². The van der Waals surface area contributed by atoms with Gasteiger partial charge in [0.25, 0.3) is 0 Å². The molecule has 2 aromatic rings. The Morgan fingerprint density at radius 3 is 2.70 bits per heavy atom. The molecule has 102 valence electrons. The van der Waals surface area contributed by atoms with Crippen LogP contribution in [0, 0.1) is 11.3 Å². The van der Waals surface area contributed by atoms with Crippen LogP contribution in [-0.4, -0.2) is 22.6 Å². The fraction of sp³-hybridized carbons (Fsp3) is 0.375. The highest BCUT2D eigenvalue weighted by Crippen LogP contribution is 2.25. The molecule has 1 N–H and O–H groups in total. The third-order valence-corrected chi connectivity index (χ3v) is 3.94. The maximum Gasteiger partial charge on any atom is 0.0991 e. The van der Waals surface area contributed by atoms with E-state index >= 15 is 0 Å². The first-order valence-electron chi connectivity index (χ1n) is 7.06. The highest BCUT2D eigenvalue weighted by molar-refractivity contribution is 5.31. The molecule has 0 radical (unpaired) electrons. The van der Waals surface area contributed by atoms with Crippen LogP contribution in [0.1, 0.15) is 35.6 Å². The molecule has 0 saturated carbocycles. The van der Waals surface area contributed by atoms with Crippen LogP contribution in [0.5, 0.6) is 0 Å². The lowest BCUT2D eigenvalue weighted by atomic mass is 9.95. The molecular formula is C16H18N4. The molecule has 4 nitrogen and oxygen atoms in total.